The topological polar surface area (TPSA) is 61.4 Å². The summed E-state index contributed by atoms with van der Waals surface area (Å²) in [6, 6.07) is 0.249. The molecule has 20 heavy (non-hydrogen) atoms. The van der Waals surface area contributed by atoms with E-state index in [1.165, 1.54) is 0 Å². The molecule has 0 aromatic carbocycles. The van der Waals surface area contributed by atoms with Gasteiger partial charge in [-0.25, -0.2) is 4.79 Å². The zero-order valence-electron chi connectivity index (χ0n) is 12.4. The molecule has 1 saturated heterocycles. The number of rotatable bonds is 7. The van der Waals surface area contributed by atoms with Crippen molar-refractivity contribution in [2.45, 2.75) is 45.2 Å². The number of nitrogens with zero attached hydrogens (tertiary/aromatic N) is 1. The van der Waals surface area contributed by atoms with Crippen LogP contribution in [0.2, 0.25) is 0 Å². The van der Waals surface area contributed by atoms with Gasteiger partial charge in [0.25, 0.3) is 0 Å². The van der Waals surface area contributed by atoms with E-state index < -0.39 is 0 Å². The van der Waals surface area contributed by atoms with Crippen molar-refractivity contribution in [2.75, 3.05) is 24.6 Å². The maximum Gasteiger partial charge on any atom is 0.315 e. The first-order valence-corrected chi connectivity index (χ1v) is 8.68. The average molecular weight is 299 g/mol. The van der Waals surface area contributed by atoms with Crippen molar-refractivity contribution in [3.8, 4) is 0 Å². The third-order valence-corrected chi connectivity index (χ3v) is 4.90. The summed E-state index contributed by atoms with van der Waals surface area (Å²) in [6.07, 6.45) is 2.54. The Morgan fingerprint density at radius 3 is 2.90 bits per heavy atom. The molecule has 3 atom stereocenters. The van der Waals surface area contributed by atoms with Crippen LogP contribution >= 0.6 is 11.8 Å². The molecule has 5 nitrogen and oxygen atoms in total. The number of likely N-dealkylation sites (tertiary alicyclic amines) is 1. The first kappa shape index (κ1) is 15.5. The lowest BCUT2D eigenvalue weighted by Crippen LogP contribution is -2.43. The zero-order valence-corrected chi connectivity index (χ0v) is 13.2. The van der Waals surface area contributed by atoms with E-state index in [0.717, 1.165) is 24.3 Å². The Bertz CT molecular complexity index is 364. The van der Waals surface area contributed by atoms with Crippen molar-refractivity contribution in [3.63, 3.8) is 0 Å². The number of carbonyl (C=O) groups is 2. The summed E-state index contributed by atoms with van der Waals surface area (Å²) >= 11 is 1.88. The molecule has 0 unspecified atom stereocenters. The number of nitrogens with one attached hydrogen (secondary N) is 2. The van der Waals surface area contributed by atoms with E-state index in [2.05, 4.69) is 24.5 Å². The van der Waals surface area contributed by atoms with Crippen molar-refractivity contribution >= 4 is 23.7 Å². The molecule has 6 heteroatoms. The van der Waals surface area contributed by atoms with Gasteiger partial charge < -0.3 is 15.5 Å². The highest BCUT2D eigenvalue weighted by Crippen LogP contribution is 2.37. The minimum atomic E-state index is -0.144. The molecule has 2 fully saturated rings. The number of amides is 3. The van der Waals surface area contributed by atoms with Crippen LogP contribution in [0.25, 0.3) is 0 Å². The second kappa shape index (κ2) is 7.20. The molecule has 0 radical (unpaired) electrons. The van der Waals surface area contributed by atoms with Gasteiger partial charge in [0.15, 0.2) is 0 Å². The molecule has 114 valence electrons. The summed E-state index contributed by atoms with van der Waals surface area (Å²) in [6.45, 7) is 5.67. The van der Waals surface area contributed by atoms with Crippen LogP contribution in [0.4, 0.5) is 4.79 Å². The molecule has 0 spiro atoms. The summed E-state index contributed by atoms with van der Waals surface area (Å²) in [5.74, 6) is 3.00. The van der Waals surface area contributed by atoms with E-state index in [1.54, 1.807) is 0 Å². The summed E-state index contributed by atoms with van der Waals surface area (Å²) in [7, 11) is 0. The van der Waals surface area contributed by atoms with E-state index in [4.69, 9.17) is 0 Å². The first-order valence-electron chi connectivity index (χ1n) is 7.53. The van der Waals surface area contributed by atoms with Crippen molar-refractivity contribution in [2.24, 2.45) is 5.92 Å². The molecular formula is C14H25N3O2S. The summed E-state index contributed by atoms with van der Waals surface area (Å²) in [5, 5.41) is 5.77. The monoisotopic (exact) mass is 299 g/mol. The molecule has 2 N–H and O–H groups in total. The lowest BCUT2D eigenvalue weighted by Gasteiger charge is -2.17. The van der Waals surface area contributed by atoms with E-state index in [9.17, 15) is 9.59 Å². The van der Waals surface area contributed by atoms with Crippen molar-refractivity contribution in [1.29, 1.82) is 0 Å². The highest BCUT2D eigenvalue weighted by atomic mass is 32.2. The molecule has 0 bridgehead atoms. The number of hydrogen-bond acceptors (Lipinski definition) is 3. The van der Waals surface area contributed by atoms with Gasteiger partial charge in [0.2, 0.25) is 5.91 Å². The van der Waals surface area contributed by atoms with Gasteiger partial charge in [0, 0.05) is 25.6 Å². The maximum absolute atomic E-state index is 11.9. The van der Waals surface area contributed by atoms with Crippen LogP contribution < -0.4 is 10.6 Å². The Hall–Kier alpha value is -0.910. The van der Waals surface area contributed by atoms with Gasteiger partial charge in [-0.1, -0.05) is 13.8 Å². The zero-order chi connectivity index (χ0) is 14.5. The second-order valence-electron chi connectivity index (χ2n) is 5.68. The Balaban J connectivity index is 1.61. The quantitative estimate of drug-likeness (QED) is 0.699. The molecule has 3 amide bonds. The van der Waals surface area contributed by atoms with Gasteiger partial charge in [-0.2, -0.15) is 11.8 Å². The molecule has 0 aromatic heterocycles. The molecule has 2 aliphatic rings. The Kier molecular flexibility index (Phi) is 5.57. The van der Waals surface area contributed by atoms with E-state index in [-0.39, 0.29) is 18.0 Å². The summed E-state index contributed by atoms with van der Waals surface area (Å²) < 4.78 is 0. The lowest BCUT2D eigenvalue weighted by atomic mass is 10.2. The second-order valence-corrected chi connectivity index (χ2v) is 7.07. The smallest absolute Gasteiger partial charge is 0.315 e. The molecule has 1 heterocycles. The lowest BCUT2D eigenvalue weighted by molar-refractivity contribution is -0.128. The van der Waals surface area contributed by atoms with Crippen molar-refractivity contribution in [3.05, 3.63) is 0 Å². The minimum absolute atomic E-state index is 0.0275. The highest BCUT2D eigenvalue weighted by molar-refractivity contribution is 7.99. The highest BCUT2D eigenvalue weighted by Gasteiger charge is 2.44. The van der Waals surface area contributed by atoms with Gasteiger partial charge in [-0.05, 0) is 30.3 Å². The first-order chi connectivity index (χ1) is 9.61. The largest absolute Gasteiger partial charge is 0.338 e. The Labute approximate surface area is 125 Å². The van der Waals surface area contributed by atoms with Crippen LogP contribution in [0.15, 0.2) is 0 Å². The van der Waals surface area contributed by atoms with E-state index in [0.29, 0.717) is 31.5 Å². The number of thioether (sulfide) groups is 1. The van der Waals surface area contributed by atoms with Crippen molar-refractivity contribution in [1.82, 2.24) is 15.5 Å². The molecule has 1 aliphatic carbocycles. The van der Waals surface area contributed by atoms with Gasteiger partial charge in [0.05, 0.1) is 6.04 Å². The Morgan fingerprint density at radius 2 is 2.25 bits per heavy atom. The summed E-state index contributed by atoms with van der Waals surface area (Å²) in [4.78, 5) is 25.6. The Morgan fingerprint density at radius 1 is 1.50 bits per heavy atom. The van der Waals surface area contributed by atoms with Gasteiger partial charge in [-0.15, -0.1) is 0 Å². The number of carbonyl (C=O) groups excluding carboxylic acids is 2. The molecule has 2 rings (SSSR count). The maximum atomic E-state index is 11.9. The van der Waals surface area contributed by atoms with Gasteiger partial charge in [-0.3, -0.25) is 4.79 Å². The molecular weight excluding hydrogens is 274 g/mol. The van der Waals surface area contributed by atoms with Crippen LogP contribution in [-0.4, -0.2) is 53.5 Å². The normalized spacial score (nSPS) is 28.6. The van der Waals surface area contributed by atoms with Crippen LogP contribution in [0.1, 0.15) is 33.1 Å². The van der Waals surface area contributed by atoms with E-state index >= 15 is 0 Å². The SMILES string of the molecule is CCSCCCNC(=O)N[C@@H]1CC(=O)N([C@@H]2C[C@H]2C)C1. The molecule has 1 aliphatic heterocycles. The average Bonchev–Trinajstić information content (AvgIpc) is 3.01. The van der Waals surface area contributed by atoms with Gasteiger partial charge in [0.1, 0.15) is 0 Å². The fraction of sp³-hybridized carbons (Fsp3) is 0.857. The van der Waals surface area contributed by atoms with Crippen LogP contribution in [0, 0.1) is 5.92 Å². The predicted octanol–water partition coefficient (Wildman–Crippen LogP) is 1.44. The van der Waals surface area contributed by atoms with Crippen LogP contribution in [0.5, 0.6) is 0 Å². The minimum Gasteiger partial charge on any atom is -0.338 e. The third-order valence-electron chi connectivity index (χ3n) is 3.92. The molecule has 0 aromatic rings. The third kappa shape index (κ3) is 4.30. The number of urea groups is 1. The standard InChI is InChI=1S/C14H25N3O2S/c1-3-20-6-4-5-15-14(19)16-11-8-13(18)17(9-11)12-7-10(12)2/h10-12H,3-9H2,1-2H3,(H2,15,16,19)/t10-,11-,12-/m1/s1. The van der Waals surface area contributed by atoms with E-state index in [1.807, 2.05) is 16.7 Å². The van der Waals surface area contributed by atoms with Gasteiger partial charge >= 0.3 is 6.03 Å². The summed E-state index contributed by atoms with van der Waals surface area (Å²) in [5.41, 5.74) is 0. The fourth-order valence-corrected chi connectivity index (χ4v) is 3.28. The predicted molar refractivity (Wildman–Crippen MR) is 81.8 cm³/mol. The van der Waals surface area contributed by atoms with Crippen molar-refractivity contribution < 1.29 is 9.59 Å². The number of hydrogen-bond donors (Lipinski definition) is 2. The van der Waals surface area contributed by atoms with Crippen LogP contribution in [-0.2, 0) is 4.79 Å². The van der Waals surface area contributed by atoms with Crippen LogP contribution in [0.3, 0.4) is 0 Å². The molecule has 1 saturated carbocycles. The fourth-order valence-electron chi connectivity index (χ4n) is 2.64.